The number of anilines is 2. The van der Waals surface area contributed by atoms with Gasteiger partial charge in [0.1, 0.15) is 5.82 Å². The Bertz CT molecular complexity index is 1110. The van der Waals surface area contributed by atoms with Crippen molar-refractivity contribution in [3.05, 3.63) is 96.1 Å². The van der Waals surface area contributed by atoms with Gasteiger partial charge in [0.15, 0.2) is 0 Å². The lowest BCUT2D eigenvalue weighted by atomic mass is 9.98. The number of hydrogen-bond acceptors (Lipinski definition) is 5. The summed E-state index contributed by atoms with van der Waals surface area (Å²) in [5, 5.41) is 3.15. The summed E-state index contributed by atoms with van der Waals surface area (Å²) in [6.45, 7) is 5.39. The standard InChI is InChI=1S/C19H21N5.C8H10/c1-13-7-8-15(14-5-3-2-4-6-14)11-16(13)17-12-18(22-10-9-20)24-19(21)23-17;1-2-8-6-4-3-5-7-8/h2-8,11-12H,9-10,20H2,1H3,(H3,21,22,23,24);3-7H,2H2,1H3. The van der Waals surface area contributed by atoms with Crippen LogP contribution in [0.1, 0.15) is 18.1 Å². The zero-order valence-corrected chi connectivity index (χ0v) is 18.8. The molecule has 0 saturated heterocycles. The topological polar surface area (TPSA) is 89.8 Å². The lowest BCUT2D eigenvalue weighted by Crippen LogP contribution is -2.14. The lowest BCUT2D eigenvalue weighted by molar-refractivity contribution is 1.01. The Morgan fingerprint density at radius 1 is 0.812 bits per heavy atom. The van der Waals surface area contributed by atoms with E-state index in [9.17, 15) is 0 Å². The molecule has 0 atom stereocenters. The summed E-state index contributed by atoms with van der Waals surface area (Å²) in [6, 6.07) is 29.0. The SMILES string of the molecule is CCc1ccccc1.Cc1ccc(-c2ccccc2)cc1-c1cc(NCCN)nc(N)n1. The van der Waals surface area contributed by atoms with E-state index in [1.165, 1.54) is 11.1 Å². The van der Waals surface area contributed by atoms with Gasteiger partial charge in [0.2, 0.25) is 5.95 Å². The molecule has 0 aliphatic carbocycles. The highest BCUT2D eigenvalue weighted by Crippen LogP contribution is 2.29. The minimum absolute atomic E-state index is 0.247. The second-order valence-electron chi connectivity index (χ2n) is 7.45. The van der Waals surface area contributed by atoms with Crippen LogP contribution in [-0.4, -0.2) is 23.1 Å². The summed E-state index contributed by atoms with van der Waals surface area (Å²) in [7, 11) is 0. The predicted molar refractivity (Wildman–Crippen MR) is 135 cm³/mol. The number of aryl methyl sites for hydroxylation is 2. The van der Waals surface area contributed by atoms with Crippen molar-refractivity contribution in [3.63, 3.8) is 0 Å². The number of aromatic nitrogens is 2. The summed E-state index contributed by atoms with van der Waals surface area (Å²) in [6.07, 6.45) is 1.14. The Hall–Kier alpha value is -3.70. The summed E-state index contributed by atoms with van der Waals surface area (Å²) in [5.41, 5.74) is 18.1. The molecule has 0 bridgehead atoms. The van der Waals surface area contributed by atoms with Crippen LogP contribution in [0.4, 0.5) is 11.8 Å². The van der Waals surface area contributed by atoms with E-state index in [1.807, 2.05) is 30.3 Å². The van der Waals surface area contributed by atoms with Gasteiger partial charge in [0.05, 0.1) is 5.69 Å². The summed E-state index contributed by atoms with van der Waals surface area (Å²) in [4.78, 5) is 8.61. The van der Waals surface area contributed by atoms with Gasteiger partial charge in [-0.3, -0.25) is 0 Å². The average Bonchev–Trinajstić information content (AvgIpc) is 2.84. The minimum atomic E-state index is 0.247. The fraction of sp³-hybridized carbons (Fsp3) is 0.185. The fourth-order valence-electron chi connectivity index (χ4n) is 3.32. The van der Waals surface area contributed by atoms with Crippen LogP contribution in [0.3, 0.4) is 0 Å². The molecule has 0 unspecified atom stereocenters. The van der Waals surface area contributed by atoms with Gasteiger partial charge in [0.25, 0.3) is 0 Å². The van der Waals surface area contributed by atoms with Crippen LogP contribution in [0, 0.1) is 6.92 Å². The van der Waals surface area contributed by atoms with Gasteiger partial charge in [-0.15, -0.1) is 0 Å². The molecule has 32 heavy (non-hydrogen) atoms. The molecule has 0 spiro atoms. The van der Waals surface area contributed by atoms with Crippen LogP contribution in [0.15, 0.2) is 84.9 Å². The number of hydrogen-bond donors (Lipinski definition) is 3. The average molecular weight is 426 g/mol. The highest BCUT2D eigenvalue weighted by molar-refractivity contribution is 5.75. The van der Waals surface area contributed by atoms with E-state index in [-0.39, 0.29) is 5.95 Å². The summed E-state index contributed by atoms with van der Waals surface area (Å²) in [5.74, 6) is 0.934. The molecule has 0 saturated carbocycles. The van der Waals surface area contributed by atoms with Gasteiger partial charge in [-0.2, -0.15) is 4.98 Å². The van der Waals surface area contributed by atoms with Crippen LogP contribution >= 0.6 is 0 Å². The zero-order valence-electron chi connectivity index (χ0n) is 18.8. The number of nitrogens with zero attached hydrogens (tertiary/aromatic N) is 2. The molecule has 0 fully saturated rings. The maximum absolute atomic E-state index is 5.87. The number of nitrogen functional groups attached to an aromatic ring is 1. The number of nitrogens with two attached hydrogens (primary N) is 2. The Morgan fingerprint density at radius 3 is 2.12 bits per heavy atom. The van der Waals surface area contributed by atoms with Gasteiger partial charge >= 0.3 is 0 Å². The third kappa shape index (κ3) is 6.40. The van der Waals surface area contributed by atoms with Gasteiger partial charge in [-0.05, 0) is 41.7 Å². The molecule has 0 radical (unpaired) electrons. The number of rotatable bonds is 6. The molecule has 3 aromatic carbocycles. The smallest absolute Gasteiger partial charge is 0.222 e. The Morgan fingerprint density at radius 2 is 1.50 bits per heavy atom. The second kappa shape index (κ2) is 11.6. The Balaban J connectivity index is 0.000000305. The van der Waals surface area contributed by atoms with Crippen LogP contribution in [0.5, 0.6) is 0 Å². The maximum Gasteiger partial charge on any atom is 0.222 e. The molecular weight excluding hydrogens is 394 g/mol. The first-order chi connectivity index (χ1) is 15.6. The third-order valence-electron chi connectivity index (χ3n) is 5.07. The predicted octanol–water partition coefficient (Wildman–Crippen LogP) is 5.32. The summed E-state index contributed by atoms with van der Waals surface area (Å²) < 4.78 is 0. The Kier molecular flexibility index (Phi) is 8.35. The normalized spacial score (nSPS) is 10.2. The van der Waals surface area contributed by atoms with E-state index >= 15 is 0 Å². The van der Waals surface area contributed by atoms with E-state index in [0.717, 1.165) is 28.8 Å². The van der Waals surface area contributed by atoms with Crippen LogP contribution in [-0.2, 0) is 6.42 Å². The van der Waals surface area contributed by atoms with Gasteiger partial charge in [-0.25, -0.2) is 4.98 Å². The van der Waals surface area contributed by atoms with Crippen molar-refractivity contribution in [1.29, 1.82) is 0 Å². The molecule has 5 nitrogen and oxygen atoms in total. The summed E-state index contributed by atoms with van der Waals surface area (Å²) >= 11 is 0. The first-order valence-corrected chi connectivity index (χ1v) is 10.9. The van der Waals surface area contributed by atoms with Gasteiger partial charge in [-0.1, -0.05) is 79.7 Å². The monoisotopic (exact) mass is 425 g/mol. The van der Waals surface area contributed by atoms with Crippen molar-refractivity contribution in [2.45, 2.75) is 20.3 Å². The zero-order chi connectivity index (χ0) is 22.8. The molecular formula is C27H31N5. The second-order valence-corrected chi connectivity index (χ2v) is 7.45. The van der Waals surface area contributed by atoms with Gasteiger partial charge in [0, 0.05) is 24.7 Å². The maximum atomic E-state index is 5.87. The molecule has 4 rings (SSSR count). The van der Waals surface area contributed by atoms with Crippen LogP contribution in [0.25, 0.3) is 22.4 Å². The third-order valence-corrected chi connectivity index (χ3v) is 5.07. The van der Waals surface area contributed by atoms with E-state index in [2.05, 4.69) is 83.7 Å². The largest absolute Gasteiger partial charge is 0.369 e. The molecule has 4 aromatic rings. The Labute approximate surface area is 190 Å². The number of benzene rings is 3. The van der Waals surface area contributed by atoms with Crippen molar-refractivity contribution in [2.24, 2.45) is 5.73 Å². The van der Waals surface area contributed by atoms with E-state index in [1.54, 1.807) is 0 Å². The van der Waals surface area contributed by atoms with Crippen molar-refractivity contribution < 1.29 is 0 Å². The van der Waals surface area contributed by atoms with E-state index in [0.29, 0.717) is 18.9 Å². The molecule has 0 aliphatic heterocycles. The van der Waals surface area contributed by atoms with Crippen molar-refractivity contribution >= 4 is 11.8 Å². The van der Waals surface area contributed by atoms with E-state index in [4.69, 9.17) is 11.5 Å². The molecule has 1 aromatic heterocycles. The lowest BCUT2D eigenvalue weighted by Gasteiger charge is -2.11. The molecule has 0 amide bonds. The van der Waals surface area contributed by atoms with E-state index < -0.39 is 0 Å². The van der Waals surface area contributed by atoms with Crippen molar-refractivity contribution in [3.8, 4) is 22.4 Å². The first kappa shape index (κ1) is 23.0. The van der Waals surface area contributed by atoms with Crippen LogP contribution < -0.4 is 16.8 Å². The highest BCUT2D eigenvalue weighted by atomic mass is 15.1. The first-order valence-electron chi connectivity index (χ1n) is 10.9. The van der Waals surface area contributed by atoms with Crippen LogP contribution in [0.2, 0.25) is 0 Å². The minimum Gasteiger partial charge on any atom is -0.369 e. The molecule has 1 heterocycles. The molecule has 164 valence electrons. The highest BCUT2D eigenvalue weighted by Gasteiger charge is 2.09. The van der Waals surface area contributed by atoms with Crippen molar-refractivity contribution in [1.82, 2.24) is 9.97 Å². The quantitative estimate of drug-likeness (QED) is 0.389. The van der Waals surface area contributed by atoms with Crippen molar-refractivity contribution in [2.75, 3.05) is 24.1 Å². The molecule has 5 heteroatoms. The van der Waals surface area contributed by atoms with Gasteiger partial charge < -0.3 is 16.8 Å². The number of nitrogens with one attached hydrogen (secondary N) is 1. The molecule has 0 aliphatic rings. The fourth-order valence-corrected chi connectivity index (χ4v) is 3.32. The molecule has 5 N–H and O–H groups in total.